The van der Waals surface area contributed by atoms with Crippen LogP contribution in [0.4, 0.5) is 0 Å². The van der Waals surface area contributed by atoms with Crippen molar-refractivity contribution in [2.24, 2.45) is 0 Å². The van der Waals surface area contributed by atoms with Crippen LogP contribution in [0.15, 0.2) is 57.0 Å². The maximum absolute atomic E-state index is 11.2. The van der Waals surface area contributed by atoms with Crippen LogP contribution in [-0.2, 0) is 12.3 Å². The molecule has 3 aromatic heterocycles. The number of hydrogen-bond acceptors (Lipinski definition) is 6. The topological polar surface area (TPSA) is 105 Å². The maximum atomic E-state index is 11.2. The normalized spacial score (nSPS) is 11.1. The van der Waals surface area contributed by atoms with E-state index in [2.05, 4.69) is 25.4 Å². The molecule has 0 atom stereocenters. The number of benzene rings is 1. The Hall–Kier alpha value is -2.78. The van der Waals surface area contributed by atoms with E-state index in [0.717, 1.165) is 11.3 Å². The third-order valence-corrected chi connectivity index (χ3v) is 4.83. The van der Waals surface area contributed by atoms with E-state index in [1.165, 1.54) is 11.8 Å². The van der Waals surface area contributed by atoms with E-state index >= 15 is 0 Å². The Morgan fingerprint density at radius 3 is 2.73 bits per heavy atom. The zero-order chi connectivity index (χ0) is 17.9. The first-order valence-electron chi connectivity index (χ1n) is 7.67. The van der Waals surface area contributed by atoms with Gasteiger partial charge in [-0.1, -0.05) is 23.4 Å². The first-order valence-corrected chi connectivity index (χ1v) is 9.03. The molecule has 0 radical (unpaired) electrons. The molecule has 3 heterocycles. The Kier molecular flexibility index (Phi) is 4.63. The van der Waals surface area contributed by atoms with E-state index in [0.29, 0.717) is 34.1 Å². The third-order valence-electron chi connectivity index (χ3n) is 3.60. The minimum Gasteiger partial charge on any atom is -0.467 e. The fourth-order valence-electron chi connectivity index (χ4n) is 2.42. The first-order chi connectivity index (χ1) is 12.7. The summed E-state index contributed by atoms with van der Waals surface area (Å²) < 4.78 is 7.42. The predicted octanol–water partition coefficient (Wildman–Crippen LogP) is 2.94. The highest BCUT2D eigenvalue weighted by Crippen LogP contribution is 2.27. The largest absolute Gasteiger partial charge is 0.467 e. The number of hydrogen-bond donors (Lipinski definition) is 2. The summed E-state index contributed by atoms with van der Waals surface area (Å²) in [6.07, 6.45) is 1.63. The zero-order valence-electron chi connectivity index (χ0n) is 13.3. The number of aromatic amines is 2. The van der Waals surface area contributed by atoms with E-state index in [1.54, 1.807) is 6.26 Å². The monoisotopic (exact) mass is 388 g/mol. The number of nitrogens with zero attached hydrogens (tertiary/aromatic N) is 4. The molecule has 4 aromatic rings. The number of rotatable bonds is 6. The molecular formula is C16H13ClN6O2S. The molecule has 0 aliphatic carbocycles. The maximum Gasteiger partial charge on any atom is 0.340 e. The summed E-state index contributed by atoms with van der Waals surface area (Å²) in [5, 5.41) is 16.2. The van der Waals surface area contributed by atoms with Crippen LogP contribution >= 0.6 is 23.4 Å². The molecule has 0 saturated carbocycles. The molecule has 10 heteroatoms. The van der Waals surface area contributed by atoms with Crippen molar-refractivity contribution in [3.8, 4) is 11.4 Å². The molecule has 4 rings (SSSR count). The summed E-state index contributed by atoms with van der Waals surface area (Å²) in [6.45, 7) is 0.484. The molecule has 132 valence electrons. The summed E-state index contributed by atoms with van der Waals surface area (Å²) in [5.41, 5.74) is 0.563. The Morgan fingerprint density at radius 1 is 1.19 bits per heavy atom. The summed E-state index contributed by atoms with van der Waals surface area (Å²) in [5.74, 6) is 2.49. The lowest BCUT2D eigenvalue weighted by atomic mass is 10.2. The van der Waals surface area contributed by atoms with Gasteiger partial charge in [-0.25, -0.2) is 9.89 Å². The van der Waals surface area contributed by atoms with Crippen molar-refractivity contribution in [2.45, 2.75) is 17.5 Å². The van der Waals surface area contributed by atoms with Gasteiger partial charge in [0.15, 0.2) is 11.0 Å². The average Bonchev–Trinajstić information content (AvgIpc) is 3.37. The molecule has 0 amide bonds. The second-order valence-electron chi connectivity index (χ2n) is 5.39. The van der Waals surface area contributed by atoms with Crippen LogP contribution in [0.25, 0.3) is 11.4 Å². The summed E-state index contributed by atoms with van der Waals surface area (Å²) in [4.78, 5) is 13.8. The van der Waals surface area contributed by atoms with E-state index in [9.17, 15) is 4.79 Å². The van der Waals surface area contributed by atoms with Crippen molar-refractivity contribution in [1.29, 1.82) is 0 Å². The van der Waals surface area contributed by atoms with Gasteiger partial charge in [0.05, 0.1) is 18.6 Å². The van der Waals surface area contributed by atoms with Crippen LogP contribution in [0, 0.1) is 0 Å². The number of thioether (sulfide) groups is 1. The number of H-pyrrole nitrogens is 2. The van der Waals surface area contributed by atoms with E-state index in [-0.39, 0.29) is 5.69 Å². The molecule has 8 nitrogen and oxygen atoms in total. The van der Waals surface area contributed by atoms with Crippen LogP contribution in [0.2, 0.25) is 5.02 Å². The highest BCUT2D eigenvalue weighted by atomic mass is 35.5. The number of nitrogens with one attached hydrogen (secondary N) is 2. The minimum absolute atomic E-state index is 0.334. The molecule has 1 aromatic carbocycles. The van der Waals surface area contributed by atoms with Crippen molar-refractivity contribution in [3.05, 3.63) is 69.8 Å². The molecular weight excluding hydrogens is 376 g/mol. The first kappa shape index (κ1) is 16.7. The van der Waals surface area contributed by atoms with Crippen molar-refractivity contribution >= 4 is 23.4 Å². The van der Waals surface area contributed by atoms with Gasteiger partial charge in [0.2, 0.25) is 0 Å². The lowest BCUT2D eigenvalue weighted by molar-refractivity contribution is 0.485. The Labute approximate surface area is 156 Å². The predicted molar refractivity (Wildman–Crippen MR) is 97.0 cm³/mol. The van der Waals surface area contributed by atoms with Gasteiger partial charge in [-0.2, -0.15) is 5.10 Å². The quantitative estimate of drug-likeness (QED) is 0.492. The molecule has 0 bridgehead atoms. The molecule has 2 N–H and O–H groups in total. The molecule has 0 aliphatic rings. The summed E-state index contributed by atoms with van der Waals surface area (Å²) >= 11 is 7.40. The Balaban J connectivity index is 1.66. The average molecular weight is 389 g/mol. The van der Waals surface area contributed by atoms with Gasteiger partial charge in [-0.3, -0.25) is 9.55 Å². The van der Waals surface area contributed by atoms with Crippen molar-refractivity contribution in [2.75, 3.05) is 0 Å². The molecule has 0 saturated heterocycles. The minimum atomic E-state index is -0.334. The second-order valence-corrected chi connectivity index (χ2v) is 6.77. The highest BCUT2D eigenvalue weighted by Gasteiger charge is 2.16. The van der Waals surface area contributed by atoms with Crippen LogP contribution < -0.4 is 5.69 Å². The number of furan rings is 1. The van der Waals surface area contributed by atoms with Gasteiger partial charge in [0.25, 0.3) is 0 Å². The fraction of sp³-hybridized carbons (Fsp3) is 0.125. The van der Waals surface area contributed by atoms with Gasteiger partial charge < -0.3 is 4.42 Å². The SMILES string of the molecule is O=c1[nH]nc(CSc2nnc(-c3ccc(Cl)cc3)n2Cc2ccco2)[nH]1. The smallest absolute Gasteiger partial charge is 0.340 e. The summed E-state index contributed by atoms with van der Waals surface area (Å²) in [7, 11) is 0. The van der Waals surface area contributed by atoms with E-state index < -0.39 is 0 Å². The second kappa shape index (κ2) is 7.22. The molecule has 0 fully saturated rings. The fourth-order valence-corrected chi connectivity index (χ4v) is 3.35. The van der Waals surface area contributed by atoms with Crippen molar-refractivity contribution in [3.63, 3.8) is 0 Å². The lowest BCUT2D eigenvalue weighted by Gasteiger charge is -2.08. The lowest BCUT2D eigenvalue weighted by Crippen LogP contribution is -2.04. The van der Waals surface area contributed by atoms with Crippen molar-refractivity contribution < 1.29 is 4.42 Å². The highest BCUT2D eigenvalue weighted by molar-refractivity contribution is 7.98. The third kappa shape index (κ3) is 3.58. The number of aromatic nitrogens is 6. The van der Waals surface area contributed by atoms with E-state index in [1.807, 2.05) is 41.0 Å². The van der Waals surface area contributed by atoms with Crippen LogP contribution in [0.1, 0.15) is 11.6 Å². The molecule has 0 spiro atoms. The molecule has 0 aliphatic heterocycles. The Bertz CT molecular complexity index is 1050. The van der Waals surface area contributed by atoms with Gasteiger partial charge in [-0.15, -0.1) is 10.2 Å². The number of halogens is 1. The van der Waals surface area contributed by atoms with Crippen LogP contribution in [0.5, 0.6) is 0 Å². The Morgan fingerprint density at radius 2 is 2.04 bits per heavy atom. The van der Waals surface area contributed by atoms with Gasteiger partial charge in [0, 0.05) is 10.6 Å². The summed E-state index contributed by atoms with van der Waals surface area (Å²) in [6, 6.07) is 11.1. The van der Waals surface area contributed by atoms with Crippen molar-refractivity contribution in [1.82, 2.24) is 29.9 Å². The standard InChI is InChI=1S/C16H13ClN6O2S/c17-11-5-3-10(4-6-11)14-20-22-16(23(14)8-12-2-1-7-25-12)26-9-13-18-15(24)21-19-13/h1-7H,8-9H2,(H2,18,19,21,24). The molecule has 0 unspecified atom stereocenters. The van der Waals surface area contributed by atoms with Gasteiger partial charge in [0.1, 0.15) is 11.6 Å². The van der Waals surface area contributed by atoms with Crippen LogP contribution in [-0.4, -0.2) is 29.9 Å². The van der Waals surface area contributed by atoms with E-state index in [4.69, 9.17) is 16.0 Å². The van der Waals surface area contributed by atoms with Gasteiger partial charge in [-0.05, 0) is 36.4 Å². The zero-order valence-corrected chi connectivity index (χ0v) is 14.9. The molecule has 26 heavy (non-hydrogen) atoms. The van der Waals surface area contributed by atoms with Crippen LogP contribution in [0.3, 0.4) is 0 Å². The van der Waals surface area contributed by atoms with Gasteiger partial charge >= 0.3 is 5.69 Å².